The average molecular weight is 882 g/mol. The molecule has 8 rings (SSSR count). The van der Waals surface area contributed by atoms with E-state index in [9.17, 15) is 18.3 Å². The summed E-state index contributed by atoms with van der Waals surface area (Å²) in [4.78, 5) is 16.2. The quantitative estimate of drug-likeness (QED) is 0.0885. The Morgan fingerprint density at radius 3 is 2.16 bits per heavy atom. The number of aliphatic hydroxyl groups is 1. The molecule has 0 spiro atoms. The Balaban J connectivity index is 0.954. The number of carbonyl (C=O) groups is 1. The normalized spacial score (nSPS) is 18.2. The molecule has 2 heterocycles. The van der Waals surface area contributed by atoms with Gasteiger partial charge < -0.3 is 29.4 Å². The van der Waals surface area contributed by atoms with Crippen molar-refractivity contribution in [1.82, 2.24) is 14.9 Å². The molecule has 6 aromatic rings. The van der Waals surface area contributed by atoms with Gasteiger partial charge in [0.2, 0.25) is 15.9 Å². The van der Waals surface area contributed by atoms with Gasteiger partial charge in [-0.3, -0.25) is 9.69 Å². The van der Waals surface area contributed by atoms with Crippen molar-refractivity contribution in [3.63, 3.8) is 0 Å². The predicted octanol–water partition coefficient (Wildman–Crippen LogP) is 7.98. The van der Waals surface area contributed by atoms with Crippen LogP contribution in [-0.2, 0) is 56.8 Å². The molecular formula is C52H55N3O8S. The van der Waals surface area contributed by atoms with Crippen molar-refractivity contribution in [2.45, 2.75) is 75.3 Å². The van der Waals surface area contributed by atoms with Gasteiger partial charge in [-0.1, -0.05) is 115 Å². The summed E-state index contributed by atoms with van der Waals surface area (Å²) < 4.78 is 54.0. The first kappa shape index (κ1) is 44.7. The number of benzene rings is 6. The molecule has 3 N–H and O–H groups in total. The van der Waals surface area contributed by atoms with Gasteiger partial charge in [-0.05, 0) is 94.6 Å². The lowest BCUT2D eigenvalue weighted by Gasteiger charge is -2.39. The third-order valence-corrected chi connectivity index (χ3v) is 13.5. The number of ether oxygens (including phenoxy) is 4. The highest BCUT2D eigenvalue weighted by Crippen LogP contribution is 2.40. The molecule has 1 saturated heterocycles. The van der Waals surface area contributed by atoms with Gasteiger partial charge in [0.25, 0.3) is 0 Å². The van der Waals surface area contributed by atoms with Crippen molar-refractivity contribution in [1.29, 1.82) is 0 Å². The molecular weight excluding hydrogens is 827 g/mol. The third-order valence-electron chi connectivity index (χ3n) is 12.0. The lowest BCUT2D eigenvalue weighted by atomic mass is 9.96. The fourth-order valence-corrected chi connectivity index (χ4v) is 9.63. The zero-order valence-corrected chi connectivity index (χ0v) is 37.2. The largest absolute Gasteiger partial charge is 0.493 e. The minimum Gasteiger partial charge on any atom is -0.493 e. The average Bonchev–Trinajstić information content (AvgIpc) is 3.33. The van der Waals surface area contributed by atoms with Crippen molar-refractivity contribution in [2.75, 3.05) is 27.3 Å². The summed E-state index contributed by atoms with van der Waals surface area (Å²) in [6, 6.07) is 43.1. The van der Waals surface area contributed by atoms with E-state index in [0.717, 1.165) is 82.1 Å². The highest BCUT2D eigenvalue weighted by Gasteiger charge is 2.34. The number of amides is 1. The summed E-state index contributed by atoms with van der Waals surface area (Å²) in [6.07, 6.45) is 0.833. The summed E-state index contributed by atoms with van der Waals surface area (Å²) in [5.41, 5.74) is 9.84. The van der Waals surface area contributed by atoms with Gasteiger partial charge in [0, 0.05) is 38.2 Å². The highest BCUT2D eigenvalue weighted by atomic mass is 32.2. The molecule has 0 radical (unpaired) electrons. The second-order valence-electron chi connectivity index (χ2n) is 16.5. The number of methoxy groups -OCH3 is 2. The van der Waals surface area contributed by atoms with Crippen LogP contribution < -0.4 is 19.5 Å². The molecule has 1 amide bonds. The molecule has 64 heavy (non-hydrogen) atoms. The van der Waals surface area contributed by atoms with E-state index >= 15 is 0 Å². The Labute approximate surface area is 376 Å². The van der Waals surface area contributed by atoms with Crippen LogP contribution in [0.4, 0.5) is 0 Å². The minimum atomic E-state index is -3.97. The summed E-state index contributed by atoms with van der Waals surface area (Å²) in [5.74, 6) is 1.05. The van der Waals surface area contributed by atoms with E-state index < -0.39 is 28.3 Å². The van der Waals surface area contributed by atoms with Crippen molar-refractivity contribution in [3.05, 3.63) is 184 Å². The number of fused-ring (bicyclic) bond motifs is 1. The zero-order valence-electron chi connectivity index (χ0n) is 36.4. The number of nitrogens with zero attached hydrogens (tertiary/aromatic N) is 1. The summed E-state index contributed by atoms with van der Waals surface area (Å²) in [6.45, 7) is 4.47. The number of sulfonamides is 1. The van der Waals surface area contributed by atoms with Gasteiger partial charge in [0.05, 0.1) is 37.9 Å². The molecule has 0 aliphatic carbocycles. The van der Waals surface area contributed by atoms with E-state index in [2.05, 4.69) is 27.1 Å². The van der Waals surface area contributed by atoms with E-state index in [4.69, 9.17) is 18.9 Å². The Morgan fingerprint density at radius 2 is 1.45 bits per heavy atom. The van der Waals surface area contributed by atoms with Crippen molar-refractivity contribution in [3.8, 4) is 22.6 Å². The lowest BCUT2D eigenvalue weighted by molar-refractivity contribution is -0.253. The Bertz CT molecular complexity index is 2620. The number of nitrogens with one attached hydrogen (secondary N) is 2. The smallest absolute Gasteiger partial charge is 0.241 e. The third kappa shape index (κ3) is 10.9. The number of aryl methyl sites for hydroxylation is 1. The van der Waals surface area contributed by atoms with Crippen LogP contribution >= 0.6 is 0 Å². The maximum atomic E-state index is 13.7. The standard InChI is InChI=1S/C52H55N3O8S/c1-35-12-22-46(23-13-35)64(58,59)54-47(27-36-8-5-4-6-9-36)51(57)53-31-38-10-7-11-42(26-38)39-18-20-41(21-19-39)52-62-45(30-48(63-52)40-16-14-37(34-56)15-17-40)33-55-25-24-43-28-49(60-2)50(61-3)29-44(43)32-55/h4-23,26,28-29,45,47-48,52,54,56H,24-25,27,30-34H2,1-3H3,(H,53,57). The molecule has 11 nitrogen and oxygen atoms in total. The first-order chi connectivity index (χ1) is 31.1. The van der Waals surface area contributed by atoms with Crippen LogP contribution in [0.1, 0.15) is 63.3 Å². The Morgan fingerprint density at radius 1 is 0.766 bits per heavy atom. The number of aliphatic hydroxyl groups excluding tert-OH is 1. The zero-order chi connectivity index (χ0) is 44.6. The van der Waals surface area contributed by atoms with Crippen LogP contribution in [0.5, 0.6) is 11.5 Å². The predicted molar refractivity (Wildman–Crippen MR) is 246 cm³/mol. The number of hydrogen-bond donors (Lipinski definition) is 3. The molecule has 4 unspecified atom stereocenters. The van der Waals surface area contributed by atoms with Crippen LogP contribution in [0.15, 0.2) is 144 Å². The minimum absolute atomic E-state index is 0.0226. The molecule has 0 saturated carbocycles. The van der Waals surface area contributed by atoms with Crippen LogP contribution in [0.25, 0.3) is 11.1 Å². The molecule has 6 aromatic carbocycles. The van der Waals surface area contributed by atoms with E-state index in [1.54, 1.807) is 38.5 Å². The van der Waals surface area contributed by atoms with Gasteiger partial charge in [-0.15, -0.1) is 0 Å². The SMILES string of the molecule is COc1cc2c(cc1OC)CN(CC1CC(c3ccc(CO)cc3)OC(c3ccc(-c4cccc(CNC(=O)C(Cc5ccccc5)NS(=O)(=O)c5ccc(C)cc5)c4)cc3)O1)CC2. The number of carbonyl (C=O) groups excluding carboxylic acids is 1. The first-order valence-corrected chi connectivity index (χ1v) is 23.1. The molecule has 12 heteroatoms. The van der Waals surface area contributed by atoms with Gasteiger partial charge in [-0.25, -0.2) is 8.42 Å². The van der Waals surface area contributed by atoms with Gasteiger partial charge >= 0.3 is 0 Å². The van der Waals surface area contributed by atoms with Crippen molar-refractivity contribution in [2.24, 2.45) is 0 Å². The molecule has 2 aliphatic heterocycles. The fourth-order valence-electron chi connectivity index (χ4n) is 8.43. The van der Waals surface area contributed by atoms with Crippen molar-refractivity contribution >= 4 is 15.9 Å². The molecule has 2 aliphatic rings. The van der Waals surface area contributed by atoms with Gasteiger partial charge in [-0.2, -0.15) is 4.72 Å². The van der Waals surface area contributed by atoms with E-state index in [1.165, 1.54) is 11.1 Å². The summed E-state index contributed by atoms with van der Waals surface area (Å²) in [5, 5.41) is 12.7. The maximum absolute atomic E-state index is 13.7. The topological polar surface area (TPSA) is 136 Å². The van der Waals surface area contributed by atoms with Gasteiger partial charge in [0.1, 0.15) is 6.04 Å². The maximum Gasteiger partial charge on any atom is 0.241 e. The highest BCUT2D eigenvalue weighted by molar-refractivity contribution is 7.89. The molecule has 332 valence electrons. The molecule has 0 aromatic heterocycles. The van der Waals surface area contributed by atoms with Crippen LogP contribution in [-0.4, -0.2) is 63.8 Å². The number of hydrogen-bond acceptors (Lipinski definition) is 9. The van der Waals surface area contributed by atoms with Crippen LogP contribution in [0, 0.1) is 6.92 Å². The number of rotatable bonds is 16. The van der Waals surface area contributed by atoms with Crippen molar-refractivity contribution < 1.29 is 37.3 Å². The summed E-state index contributed by atoms with van der Waals surface area (Å²) in [7, 11) is -0.644. The second kappa shape index (κ2) is 20.3. The Hall–Kier alpha value is -5.86. The monoisotopic (exact) mass is 881 g/mol. The van der Waals surface area contributed by atoms with Crippen LogP contribution in [0.2, 0.25) is 0 Å². The molecule has 1 fully saturated rings. The van der Waals surface area contributed by atoms with E-state index in [1.807, 2.05) is 110 Å². The fraction of sp³-hybridized carbons (Fsp3) is 0.288. The first-order valence-electron chi connectivity index (χ1n) is 21.6. The van der Waals surface area contributed by atoms with E-state index in [-0.39, 0.29) is 36.7 Å². The second-order valence-corrected chi connectivity index (χ2v) is 18.2. The molecule has 0 bridgehead atoms. The van der Waals surface area contributed by atoms with Gasteiger partial charge in [0.15, 0.2) is 17.8 Å². The van der Waals surface area contributed by atoms with E-state index in [0.29, 0.717) is 6.42 Å². The lowest BCUT2D eigenvalue weighted by Crippen LogP contribution is -2.47. The Kier molecular flexibility index (Phi) is 14.2. The molecule has 4 atom stereocenters. The summed E-state index contributed by atoms with van der Waals surface area (Å²) >= 11 is 0. The van der Waals surface area contributed by atoms with Crippen LogP contribution in [0.3, 0.4) is 0 Å².